The van der Waals surface area contributed by atoms with E-state index < -0.39 is 29.9 Å². The summed E-state index contributed by atoms with van der Waals surface area (Å²) < 4.78 is 6.63. The first-order valence-electron chi connectivity index (χ1n) is 10.1. The first-order chi connectivity index (χ1) is 15.9. The first kappa shape index (κ1) is 22.3. The molecule has 1 aliphatic rings. The van der Waals surface area contributed by atoms with Crippen molar-refractivity contribution >= 4 is 35.1 Å². The highest BCUT2D eigenvalue weighted by Crippen LogP contribution is 2.33. The molecule has 0 spiro atoms. The molecule has 1 unspecified atom stereocenters. The molecule has 10 nitrogen and oxygen atoms in total. The molecule has 0 bridgehead atoms. The highest BCUT2D eigenvalue weighted by molar-refractivity contribution is 6.31. The molecule has 0 radical (unpaired) electrons. The van der Waals surface area contributed by atoms with Gasteiger partial charge in [0.05, 0.1) is 18.5 Å². The zero-order valence-corrected chi connectivity index (χ0v) is 18.7. The van der Waals surface area contributed by atoms with E-state index in [1.165, 1.54) is 17.3 Å². The zero-order valence-electron chi connectivity index (χ0n) is 17.9. The Morgan fingerprint density at radius 2 is 1.97 bits per heavy atom. The standard InChI is InChI=1S/C22H21ClN6O4/c1-3-22(14-4-7-16(33-2)8-5-14)20(31)28(21(32)27-22)11-19(30)26-17-10-15(23)6-9-18(17)29-13-24-12-25-29/h4-10,12-13H,3,11H2,1-2H3,(H,26,30)(H,27,32). The number of ether oxygens (including phenoxy) is 1. The summed E-state index contributed by atoms with van der Waals surface area (Å²) in [5.41, 5.74) is 0.242. The van der Waals surface area contributed by atoms with Crippen LogP contribution in [0.4, 0.5) is 10.5 Å². The van der Waals surface area contributed by atoms with Crippen molar-refractivity contribution in [3.05, 3.63) is 65.7 Å². The summed E-state index contributed by atoms with van der Waals surface area (Å²) in [5.74, 6) is -0.440. The third-order valence-electron chi connectivity index (χ3n) is 5.49. The van der Waals surface area contributed by atoms with Crippen LogP contribution in [0.5, 0.6) is 5.75 Å². The van der Waals surface area contributed by atoms with E-state index in [0.717, 1.165) is 4.90 Å². The Bertz CT molecular complexity index is 1200. The molecule has 4 amide bonds. The summed E-state index contributed by atoms with van der Waals surface area (Å²) >= 11 is 6.09. The van der Waals surface area contributed by atoms with E-state index in [9.17, 15) is 14.4 Å². The van der Waals surface area contributed by atoms with E-state index in [1.807, 2.05) is 0 Å². The van der Waals surface area contributed by atoms with Gasteiger partial charge in [0.25, 0.3) is 5.91 Å². The summed E-state index contributed by atoms with van der Waals surface area (Å²) in [6.45, 7) is 1.33. The molecule has 3 aromatic rings. The third kappa shape index (κ3) is 4.12. The monoisotopic (exact) mass is 468 g/mol. The number of halogens is 1. The molecule has 0 aliphatic carbocycles. The Kier molecular flexibility index (Phi) is 6.01. The molecular weight excluding hydrogens is 448 g/mol. The molecule has 1 aliphatic heterocycles. The van der Waals surface area contributed by atoms with Crippen molar-refractivity contribution in [1.29, 1.82) is 0 Å². The number of carbonyl (C=O) groups is 3. The van der Waals surface area contributed by atoms with E-state index in [2.05, 4.69) is 20.7 Å². The maximum atomic E-state index is 13.3. The number of methoxy groups -OCH3 is 1. The molecular formula is C22H21ClN6O4. The van der Waals surface area contributed by atoms with Crippen LogP contribution in [0.2, 0.25) is 5.02 Å². The average molecular weight is 469 g/mol. The third-order valence-corrected chi connectivity index (χ3v) is 5.72. The Morgan fingerprint density at radius 1 is 1.21 bits per heavy atom. The molecule has 170 valence electrons. The number of nitrogens with zero attached hydrogens (tertiary/aromatic N) is 4. The summed E-state index contributed by atoms with van der Waals surface area (Å²) in [5, 5.41) is 9.92. The van der Waals surface area contributed by atoms with Crippen LogP contribution in [-0.4, -0.2) is 51.2 Å². The lowest BCUT2D eigenvalue weighted by Crippen LogP contribution is -2.44. The van der Waals surface area contributed by atoms with Gasteiger partial charge in [-0.1, -0.05) is 30.7 Å². The molecule has 11 heteroatoms. The van der Waals surface area contributed by atoms with Gasteiger partial charge in [0.1, 0.15) is 30.5 Å². The molecule has 2 aromatic carbocycles. The minimum absolute atomic E-state index is 0.312. The number of imide groups is 1. The lowest BCUT2D eigenvalue weighted by molar-refractivity contribution is -0.134. The molecule has 0 saturated carbocycles. The highest BCUT2D eigenvalue weighted by Gasteiger charge is 2.51. The lowest BCUT2D eigenvalue weighted by atomic mass is 9.87. The van der Waals surface area contributed by atoms with E-state index in [1.54, 1.807) is 56.5 Å². The van der Waals surface area contributed by atoms with Crippen LogP contribution in [0.15, 0.2) is 55.1 Å². The van der Waals surface area contributed by atoms with Gasteiger partial charge in [-0.3, -0.25) is 14.5 Å². The van der Waals surface area contributed by atoms with Crippen LogP contribution in [0, 0.1) is 0 Å². The van der Waals surface area contributed by atoms with Gasteiger partial charge < -0.3 is 15.4 Å². The van der Waals surface area contributed by atoms with Crippen molar-refractivity contribution in [3.63, 3.8) is 0 Å². The van der Waals surface area contributed by atoms with Gasteiger partial charge in [-0.2, -0.15) is 5.10 Å². The van der Waals surface area contributed by atoms with Gasteiger partial charge in [0.15, 0.2) is 0 Å². The number of amides is 4. The van der Waals surface area contributed by atoms with Crippen molar-refractivity contribution in [3.8, 4) is 11.4 Å². The number of carbonyl (C=O) groups excluding carboxylic acids is 3. The second-order valence-corrected chi connectivity index (χ2v) is 7.79. The second-order valence-electron chi connectivity index (χ2n) is 7.36. The van der Waals surface area contributed by atoms with Crippen LogP contribution in [-0.2, 0) is 15.1 Å². The van der Waals surface area contributed by atoms with Crippen LogP contribution in [0.25, 0.3) is 5.69 Å². The van der Waals surface area contributed by atoms with Crippen molar-refractivity contribution in [2.75, 3.05) is 19.0 Å². The Morgan fingerprint density at radius 3 is 2.61 bits per heavy atom. The first-order valence-corrected chi connectivity index (χ1v) is 10.5. The van der Waals surface area contributed by atoms with Gasteiger partial charge in [-0.25, -0.2) is 14.5 Å². The summed E-state index contributed by atoms with van der Waals surface area (Å²) in [7, 11) is 1.54. The summed E-state index contributed by atoms with van der Waals surface area (Å²) in [6.07, 6.45) is 3.14. The number of urea groups is 1. The second kappa shape index (κ2) is 8.91. The fraction of sp³-hybridized carbons (Fsp3) is 0.227. The van der Waals surface area contributed by atoms with E-state index in [-0.39, 0.29) is 0 Å². The maximum absolute atomic E-state index is 13.3. The van der Waals surface area contributed by atoms with Crippen molar-refractivity contribution < 1.29 is 19.1 Å². The van der Waals surface area contributed by atoms with E-state index in [4.69, 9.17) is 16.3 Å². The van der Waals surface area contributed by atoms with E-state index >= 15 is 0 Å². The Balaban J connectivity index is 1.55. The lowest BCUT2D eigenvalue weighted by Gasteiger charge is -2.26. The quantitative estimate of drug-likeness (QED) is 0.515. The summed E-state index contributed by atoms with van der Waals surface area (Å²) in [6, 6.07) is 11.1. The Hall–Kier alpha value is -3.92. The normalized spacial score (nSPS) is 17.7. The Labute approximate surface area is 194 Å². The molecule has 1 saturated heterocycles. The van der Waals surface area contributed by atoms with Crippen LogP contribution in [0.1, 0.15) is 18.9 Å². The van der Waals surface area contributed by atoms with Gasteiger partial charge in [-0.15, -0.1) is 0 Å². The molecule has 2 N–H and O–H groups in total. The van der Waals surface area contributed by atoms with Crippen LogP contribution >= 0.6 is 11.6 Å². The largest absolute Gasteiger partial charge is 0.497 e. The van der Waals surface area contributed by atoms with Gasteiger partial charge in [0, 0.05) is 5.02 Å². The van der Waals surface area contributed by atoms with Crippen molar-refractivity contribution in [2.24, 2.45) is 0 Å². The number of aromatic nitrogens is 3. The van der Waals surface area contributed by atoms with Gasteiger partial charge >= 0.3 is 6.03 Å². The van der Waals surface area contributed by atoms with Gasteiger partial charge in [-0.05, 0) is 42.3 Å². The highest BCUT2D eigenvalue weighted by atomic mass is 35.5. The SMILES string of the molecule is CCC1(c2ccc(OC)cc2)NC(=O)N(CC(=O)Nc2cc(Cl)ccc2-n2cncn2)C1=O. The number of hydrogen-bond donors (Lipinski definition) is 2. The number of hydrogen-bond acceptors (Lipinski definition) is 6. The minimum Gasteiger partial charge on any atom is -0.497 e. The number of benzene rings is 2. The molecule has 1 aromatic heterocycles. The molecule has 33 heavy (non-hydrogen) atoms. The number of nitrogens with one attached hydrogen (secondary N) is 2. The topological polar surface area (TPSA) is 118 Å². The zero-order chi connectivity index (χ0) is 23.6. The minimum atomic E-state index is -1.26. The van der Waals surface area contributed by atoms with Crippen molar-refractivity contribution in [1.82, 2.24) is 25.0 Å². The number of anilines is 1. The predicted molar refractivity (Wildman–Crippen MR) is 120 cm³/mol. The van der Waals surface area contributed by atoms with Gasteiger partial charge in [0.2, 0.25) is 5.91 Å². The molecule has 2 heterocycles. The predicted octanol–water partition coefficient (Wildman–Crippen LogP) is 2.73. The molecule has 1 atom stereocenters. The average Bonchev–Trinajstić information content (AvgIpc) is 3.42. The smallest absolute Gasteiger partial charge is 0.325 e. The van der Waals surface area contributed by atoms with Crippen LogP contribution in [0.3, 0.4) is 0 Å². The fourth-order valence-electron chi connectivity index (χ4n) is 3.76. The van der Waals surface area contributed by atoms with Crippen molar-refractivity contribution in [2.45, 2.75) is 18.9 Å². The number of rotatable bonds is 7. The molecule has 4 rings (SSSR count). The van der Waals surface area contributed by atoms with Crippen LogP contribution < -0.4 is 15.4 Å². The molecule has 1 fully saturated rings. The fourth-order valence-corrected chi connectivity index (χ4v) is 3.93. The van der Waals surface area contributed by atoms with E-state index in [0.29, 0.717) is 34.1 Å². The summed E-state index contributed by atoms with van der Waals surface area (Å²) in [4.78, 5) is 43.6. The maximum Gasteiger partial charge on any atom is 0.325 e.